The summed E-state index contributed by atoms with van der Waals surface area (Å²) < 4.78 is 20.9. The Hall–Kier alpha value is -3.97. The van der Waals surface area contributed by atoms with E-state index in [-0.39, 0.29) is 23.7 Å². The highest BCUT2D eigenvalue weighted by molar-refractivity contribution is 6.05. The number of nitrogens with one attached hydrogen (secondary N) is 1. The van der Waals surface area contributed by atoms with Crippen LogP contribution in [0.1, 0.15) is 40.1 Å². The molecule has 1 aliphatic rings. The van der Waals surface area contributed by atoms with Gasteiger partial charge in [-0.1, -0.05) is 36.9 Å². The minimum Gasteiger partial charge on any atom is -0.484 e. The average Bonchev–Trinajstić information content (AvgIpc) is 2.90. The van der Waals surface area contributed by atoms with Gasteiger partial charge in [0.2, 0.25) is 5.91 Å². The number of ether oxygens (including phenoxy) is 1. The third-order valence-electron chi connectivity index (χ3n) is 6.91. The molecule has 0 aromatic heterocycles. The Bertz CT molecular complexity index is 1310. The van der Waals surface area contributed by atoms with Crippen molar-refractivity contribution in [3.05, 3.63) is 107 Å². The fourth-order valence-corrected chi connectivity index (χ4v) is 4.75. The van der Waals surface area contributed by atoms with E-state index in [0.29, 0.717) is 43.1 Å². The van der Waals surface area contributed by atoms with Gasteiger partial charge in [-0.3, -0.25) is 14.5 Å². The van der Waals surface area contributed by atoms with Crippen LogP contribution in [0.2, 0.25) is 0 Å². The number of carbonyl (C=O) groups is 2. The molecule has 1 saturated heterocycles. The first-order valence-corrected chi connectivity index (χ1v) is 12.8. The number of hydrogen-bond acceptors (Lipinski definition) is 4. The third kappa shape index (κ3) is 6.47. The summed E-state index contributed by atoms with van der Waals surface area (Å²) in [4.78, 5) is 29.0. The Morgan fingerprint density at radius 2 is 1.84 bits per heavy atom. The van der Waals surface area contributed by atoms with Gasteiger partial charge in [0.15, 0.2) is 0 Å². The maximum absolute atomic E-state index is 14.5. The standard InChI is InChI=1S/C31H34FN3O3/c1-5-30(36)35-16-15-34(19-23(35)4)20-29(24-12-11-21(2)28(32)18-24)38-26-13-14-27(22(3)17-26)31(37)33-25-9-7-6-8-10-25/h5-14,17-18,23,29H,1,15-16,19-20H2,2-4H3,(H,33,37)/t23-,29+/m1/s1. The van der Waals surface area contributed by atoms with E-state index in [9.17, 15) is 14.0 Å². The van der Waals surface area contributed by atoms with Crippen molar-refractivity contribution in [2.45, 2.75) is 32.9 Å². The predicted octanol–water partition coefficient (Wildman–Crippen LogP) is 5.53. The fourth-order valence-electron chi connectivity index (χ4n) is 4.75. The molecule has 0 aliphatic carbocycles. The van der Waals surface area contributed by atoms with Crippen LogP contribution in [0.4, 0.5) is 10.1 Å². The van der Waals surface area contributed by atoms with E-state index < -0.39 is 6.10 Å². The van der Waals surface area contributed by atoms with Gasteiger partial charge < -0.3 is 15.0 Å². The van der Waals surface area contributed by atoms with E-state index in [1.807, 2.05) is 61.2 Å². The molecule has 198 valence electrons. The Morgan fingerprint density at radius 1 is 1.08 bits per heavy atom. The van der Waals surface area contributed by atoms with Crippen molar-refractivity contribution in [2.24, 2.45) is 0 Å². The van der Waals surface area contributed by atoms with Gasteiger partial charge in [0.05, 0.1) is 0 Å². The molecule has 0 saturated carbocycles. The second kappa shape index (κ2) is 12.0. The maximum atomic E-state index is 14.5. The van der Waals surface area contributed by atoms with E-state index >= 15 is 0 Å². The van der Waals surface area contributed by atoms with E-state index in [4.69, 9.17) is 4.74 Å². The highest BCUT2D eigenvalue weighted by Crippen LogP contribution is 2.28. The molecule has 6 nitrogen and oxygen atoms in total. The van der Waals surface area contributed by atoms with Crippen LogP contribution in [0.15, 0.2) is 79.4 Å². The number of benzene rings is 3. The molecule has 0 spiro atoms. The molecule has 7 heteroatoms. The molecule has 0 unspecified atom stereocenters. The minimum atomic E-state index is -0.442. The van der Waals surface area contributed by atoms with Crippen LogP contribution in [0.5, 0.6) is 5.75 Å². The molecule has 1 N–H and O–H groups in total. The molecule has 4 rings (SSSR count). The normalized spacial score (nSPS) is 16.5. The number of rotatable bonds is 8. The molecule has 0 radical (unpaired) electrons. The molecule has 1 aliphatic heterocycles. The monoisotopic (exact) mass is 515 g/mol. The Morgan fingerprint density at radius 3 is 2.50 bits per heavy atom. The third-order valence-corrected chi connectivity index (χ3v) is 6.91. The molecular weight excluding hydrogens is 481 g/mol. The number of hydrogen-bond donors (Lipinski definition) is 1. The van der Waals surface area contributed by atoms with E-state index in [1.54, 1.807) is 25.1 Å². The van der Waals surface area contributed by atoms with Gasteiger partial charge >= 0.3 is 0 Å². The SMILES string of the molecule is C=CC(=O)N1CCN(C[C@H](Oc2ccc(C(=O)Nc3ccccc3)c(C)c2)c2ccc(C)c(F)c2)C[C@H]1C. The number of carbonyl (C=O) groups excluding carboxylic acids is 2. The van der Waals surface area contributed by atoms with Crippen molar-refractivity contribution >= 4 is 17.5 Å². The molecule has 1 fully saturated rings. The summed E-state index contributed by atoms with van der Waals surface area (Å²) >= 11 is 0. The quantitative estimate of drug-likeness (QED) is 0.401. The van der Waals surface area contributed by atoms with E-state index in [0.717, 1.165) is 16.8 Å². The lowest BCUT2D eigenvalue weighted by Crippen LogP contribution is -2.54. The molecule has 3 aromatic rings. The number of halogens is 1. The Balaban J connectivity index is 1.52. The van der Waals surface area contributed by atoms with Crippen LogP contribution in [0.25, 0.3) is 0 Å². The van der Waals surface area contributed by atoms with Gasteiger partial charge in [-0.15, -0.1) is 0 Å². The van der Waals surface area contributed by atoms with Gasteiger partial charge in [0.25, 0.3) is 5.91 Å². The Labute approximate surface area is 223 Å². The van der Waals surface area contributed by atoms with Gasteiger partial charge in [0, 0.05) is 43.5 Å². The predicted molar refractivity (Wildman–Crippen MR) is 148 cm³/mol. The number of aryl methyl sites for hydroxylation is 2. The highest BCUT2D eigenvalue weighted by Gasteiger charge is 2.29. The van der Waals surface area contributed by atoms with E-state index in [1.165, 1.54) is 12.1 Å². The maximum Gasteiger partial charge on any atom is 0.255 e. The highest BCUT2D eigenvalue weighted by atomic mass is 19.1. The lowest BCUT2D eigenvalue weighted by atomic mass is 10.0. The number of amides is 2. The second-order valence-electron chi connectivity index (χ2n) is 9.76. The largest absolute Gasteiger partial charge is 0.484 e. The number of anilines is 1. The lowest BCUT2D eigenvalue weighted by molar-refractivity contribution is -0.130. The van der Waals surface area contributed by atoms with Crippen LogP contribution in [-0.2, 0) is 4.79 Å². The summed E-state index contributed by atoms with van der Waals surface area (Å²) in [6, 6.07) is 19.8. The number of piperazine rings is 1. The van der Waals surface area contributed by atoms with Gasteiger partial charge in [-0.25, -0.2) is 4.39 Å². The summed E-state index contributed by atoms with van der Waals surface area (Å²) in [5.41, 5.74) is 3.35. The molecule has 0 bridgehead atoms. The van der Waals surface area contributed by atoms with Crippen molar-refractivity contribution in [3.8, 4) is 5.75 Å². The number of nitrogens with zero attached hydrogens (tertiary/aromatic N) is 2. The zero-order chi connectivity index (χ0) is 27.2. The fraction of sp³-hybridized carbons (Fsp3) is 0.290. The van der Waals surface area contributed by atoms with E-state index in [2.05, 4.69) is 16.8 Å². The molecule has 38 heavy (non-hydrogen) atoms. The van der Waals surface area contributed by atoms with Crippen LogP contribution >= 0.6 is 0 Å². The first-order valence-electron chi connectivity index (χ1n) is 12.8. The van der Waals surface area contributed by atoms with Gasteiger partial charge in [-0.2, -0.15) is 0 Å². The average molecular weight is 516 g/mol. The van der Waals surface area contributed by atoms with Crippen molar-refractivity contribution < 1.29 is 18.7 Å². The van der Waals surface area contributed by atoms with Crippen LogP contribution in [-0.4, -0.2) is 53.8 Å². The van der Waals surface area contributed by atoms with Crippen LogP contribution < -0.4 is 10.1 Å². The summed E-state index contributed by atoms with van der Waals surface area (Å²) in [6.07, 6.45) is 0.904. The van der Waals surface area contributed by atoms with Crippen LogP contribution in [0, 0.1) is 19.7 Å². The molecule has 2 atom stereocenters. The molecular formula is C31H34FN3O3. The zero-order valence-corrected chi connectivity index (χ0v) is 22.1. The lowest BCUT2D eigenvalue weighted by Gasteiger charge is -2.40. The Kier molecular flexibility index (Phi) is 8.59. The topological polar surface area (TPSA) is 61.9 Å². The summed E-state index contributed by atoms with van der Waals surface area (Å²) in [6.45, 7) is 11.7. The van der Waals surface area contributed by atoms with Gasteiger partial charge in [-0.05, 0) is 79.9 Å². The summed E-state index contributed by atoms with van der Waals surface area (Å²) in [5.74, 6) is 0.0454. The number of para-hydroxylation sites is 1. The van der Waals surface area contributed by atoms with Crippen molar-refractivity contribution in [2.75, 3.05) is 31.5 Å². The van der Waals surface area contributed by atoms with Crippen molar-refractivity contribution in [1.82, 2.24) is 9.80 Å². The van der Waals surface area contributed by atoms with Gasteiger partial charge in [0.1, 0.15) is 17.7 Å². The first-order chi connectivity index (χ1) is 18.2. The molecule has 1 heterocycles. The molecule has 3 aromatic carbocycles. The smallest absolute Gasteiger partial charge is 0.255 e. The second-order valence-corrected chi connectivity index (χ2v) is 9.76. The summed E-state index contributed by atoms with van der Waals surface area (Å²) in [7, 11) is 0. The first kappa shape index (κ1) is 27.1. The summed E-state index contributed by atoms with van der Waals surface area (Å²) in [5, 5.41) is 2.91. The molecule has 2 amide bonds. The van der Waals surface area contributed by atoms with Crippen molar-refractivity contribution in [1.29, 1.82) is 0 Å². The van der Waals surface area contributed by atoms with Crippen molar-refractivity contribution in [3.63, 3.8) is 0 Å². The zero-order valence-electron chi connectivity index (χ0n) is 22.1. The van der Waals surface area contributed by atoms with Crippen LogP contribution in [0.3, 0.4) is 0 Å². The minimum absolute atomic E-state index is 0.0225.